The van der Waals surface area contributed by atoms with Gasteiger partial charge in [0.25, 0.3) is 0 Å². The Morgan fingerprint density at radius 3 is 2.06 bits per heavy atom. The quantitative estimate of drug-likeness (QED) is 0.496. The second-order valence-electron chi connectivity index (χ2n) is 9.63. The van der Waals surface area contributed by atoms with E-state index in [0.29, 0.717) is 12.8 Å². The van der Waals surface area contributed by atoms with Crippen molar-refractivity contribution in [2.75, 3.05) is 6.61 Å². The molecule has 2 atom stereocenters. The van der Waals surface area contributed by atoms with Gasteiger partial charge in [-0.05, 0) is 49.4 Å². The van der Waals surface area contributed by atoms with Crippen molar-refractivity contribution in [2.45, 2.75) is 64.5 Å². The number of fused-ring (bicyclic) bond motifs is 3. The summed E-state index contributed by atoms with van der Waals surface area (Å²) >= 11 is 0. The zero-order valence-corrected chi connectivity index (χ0v) is 20.2. The molecule has 0 fully saturated rings. The molecule has 0 spiro atoms. The molecule has 2 aromatic carbocycles. The van der Waals surface area contributed by atoms with E-state index in [-0.39, 0.29) is 18.9 Å². The lowest BCUT2D eigenvalue weighted by Crippen LogP contribution is -2.47. The Morgan fingerprint density at radius 2 is 1.56 bits per heavy atom. The van der Waals surface area contributed by atoms with Crippen molar-refractivity contribution in [3.05, 3.63) is 59.7 Å². The van der Waals surface area contributed by atoms with E-state index in [9.17, 15) is 19.5 Å². The maximum atomic E-state index is 12.6. The van der Waals surface area contributed by atoms with Crippen LogP contribution in [0.2, 0.25) is 0 Å². The van der Waals surface area contributed by atoms with Crippen LogP contribution in [0.5, 0.6) is 0 Å². The minimum absolute atomic E-state index is 0.0801. The number of rotatable bonds is 9. The SMILES string of the molecule is CCC[C@H](CC(=O)OC(C)(C)C)[C@H](NC(=O)OCC1c2ccccc2-c2ccccc21)C(=O)O. The lowest BCUT2D eigenvalue weighted by Gasteiger charge is -2.26. The maximum absolute atomic E-state index is 12.6. The molecule has 1 amide bonds. The van der Waals surface area contributed by atoms with Crippen LogP contribution in [0.4, 0.5) is 4.79 Å². The Morgan fingerprint density at radius 1 is 1.00 bits per heavy atom. The Kier molecular flexibility index (Phi) is 7.97. The number of hydrogen-bond acceptors (Lipinski definition) is 5. The van der Waals surface area contributed by atoms with Crippen LogP contribution in [0.25, 0.3) is 11.1 Å². The van der Waals surface area contributed by atoms with Gasteiger partial charge in [0.05, 0.1) is 6.42 Å². The number of aliphatic carboxylic acids is 1. The summed E-state index contributed by atoms with van der Waals surface area (Å²) in [6.07, 6.45) is 0.175. The van der Waals surface area contributed by atoms with Crippen molar-refractivity contribution in [3.8, 4) is 11.1 Å². The molecule has 2 aromatic rings. The predicted octanol–water partition coefficient (Wildman–Crippen LogP) is 5.13. The zero-order valence-electron chi connectivity index (χ0n) is 20.2. The number of alkyl carbamates (subject to hydrolysis) is 1. The first-order valence-corrected chi connectivity index (χ1v) is 11.7. The molecule has 0 saturated heterocycles. The largest absolute Gasteiger partial charge is 0.480 e. The van der Waals surface area contributed by atoms with E-state index in [4.69, 9.17) is 9.47 Å². The molecular weight excluding hydrogens is 434 g/mol. The van der Waals surface area contributed by atoms with Crippen LogP contribution in [0.1, 0.15) is 64.0 Å². The molecule has 1 aliphatic carbocycles. The van der Waals surface area contributed by atoms with Gasteiger partial charge in [0.2, 0.25) is 0 Å². The van der Waals surface area contributed by atoms with Crippen molar-refractivity contribution in [1.82, 2.24) is 5.32 Å². The summed E-state index contributed by atoms with van der Waals surface area (Å²) < 4.78 is 10.9. The number of carbonyl (C=O) groups excluding carboxylic acids is 2. The molecule has 7 heteroatoms. The van der Waals surface area contributed by atoms with E-state index in [1.165, 1.54) is 0 Å². The fourth-order valence-electron chi connectivity index (χ4n) is 4.50. The Balaban J connectivity index is 1.68. The third kappa shape index (κ3) is 6.16. The summed E-state index contributed by atoms with van der Waals surface area (Å²) in [6, 6.07) is 14.7. The lowest BCUT2D eigenvalue weighted by molar-refractivity contribution is -0.156. The van der Waals surface area contributed by atoms with Crippen molar-refractivity contribution < 1.29 is 29.0 Å². The van der Waals surface area contributed by atoms with E-state index in [2.05, 4.69) is 5.32 Å². The van der Waals surface area contributed by atoms with Crippen LogP contribution in [0, 0.1) is 5.92 Å². The second-order valence-corrected chi connectivity index (χ2v) is 9.63. The van der Waals surface area contributed by atoms with Gasteiger partial charge in [0, 0.05) is 11.8 Å². The Bertz CT molecular complexity index is 996. The van der Waals surface area contributed by atoms with Crippen LogP contribution >= 0.6 is 0 Å². The minimum Gasteiger partial charge on any atom is -0.480 e. The molecule has 3 rings (SSSR count). The van der Waals surface area contributed by atoms with Gasteiger partial charge in [-0.25, -0.2) is 9.59 Å². The Labute approximate surface area is 200 Å². The summed E-state index contributed by atoms with van der Waals surface area (Å²) in [7, 11) is 0. The molecule has 0 unspecified atom stereocenters. The van der Waals surface area contributed by atoms with Gasteiger partial charge in [0.1, 0.15) is 18.2 Å². The molecule has 0 radical (unpaired) electrons. The van der Waals surface area contributed by atoms with Crippen LogP contribution in [-0.2, 0) is 19.1 Å². The lowest BCUT2D eigenvalue weighted by atomic mass is 9.91. The molecular formula is C27H33NO6. The van der Waals surface area contributed by atoms with Gasteiger partial charge < -0.3 is 19.9 Å². The highest BCUT2D eigenvalue weighted by Gasteiger charge is 2.34. The van der Waals surface area contributed by atoms with Crippen LogP contribution < -0.4 is 5.32 Å². The van der Waals surface area contributed by atoms with Gasteiger partial charge in [-0.2, -0.15) is 0 Å². The highest BCUT2D eigenvalue weighted by molar-refractivity contribution is 5.82. The number of carboxylic acid groups (broad SMARTS) is 1. The van der Waals surface area contributed by atoms with Gasteiger partial charge in [-0.15, -0.1) is 0 Å². The molecule has 34 heavy (non-hydrogen) atoms. The fraction of sp³-hybridized carbons (Fsp3) is 0.444. The molecule has 0 saturated carbocycles. The average Bonchev–Trinajstić information content (AvgIpc) is 3.08. The van der Waals surface area contributed by atoms with Gasteiger partial charge >= 0.3 is 18.0 Å². The maximum Gasteiger partial charge on any atom is 0.407 e. The molecule has 0 aliphatic heterocycles. The first-order valence-electron chi connectivity index (χ1n) is 11.7. The molecule has 0 bridgehead atoms. The highest BCUT2D eigenvalue weighted by atomic mass is 16.6. The predicted molar refractivity (Wildman–Crippen MR) is 128 cm³/mol. The molecule has 1 aliphatic rings. The number of benzene rings is 2. The monoisotopic (exact) mass is 467 g/mol. The summed E-state index contributed by atoms with van der Waals surface area (Å²) in [5.41, 5.74) is 3.68. The van der Waals surface area contributed by atoms with Crippen LogP contribution in [-0.4, -0.2) is 41.4 Å². The third-order valence-electron chi connectivity index (χ3n) is 5.86. The summed E-state index contributed by atoms with van der Waals surface area (Å²) in [5, 5.41) is 12.3. The first-order chi connectivity index (χ1) is 16.1. The number of carbonyl (C=O) groups is 3. The number of ether oxygens (including phenoxy) is 2. The first kappa shape index (κ1) is 25.3. The Hall–Kier alpha value is -3.35. The number of amides is 1. The minimum atomic E-state index is -1.26. The second kappa shape index (κ2) is 10.7. The van der Waals surface area contributed by atoms with E-state index in [1.807, 2.05) is 55.5 Å². The van der Waals surface area contributed by atoms with Crippen LogP contribution in [0.3, 0.4) is 0 Å². The summed E-state index contributed by atoms with van der Waals surface area (Å²) in [6.45, 7) is 7.24. The smallest absolute Gasteiger partial charge is 0.407 e. The van der Waals surface area contributed by atoms with Crippen molar-refractivity contribution in [2.24, 2.45) is 5.92 Å². The number of carboxylic acids is 1. The van der Waals surface area contributed by atoms with Crippen molar-refractivity contribution in [1.29, 1.82) is 0 Å². The summed E-state index contributed by atoms with van der Waals surface area (Å²) in [4.78, 5) is 37.0. The topological polar surface area (TPSA) is 102 Å². The van der Waals surface area contributed by atoms with E-state index < -0.39 is 35.6 Å². The molecule has 7 nitrogen and oxygen atoms in total. The third-order valence-corrected chi connectivity index (χ3v) is 5.86. The molecule has 0 heterocycles. The molecule has 2 N–H and O–H groups in total. The van der Waals surface area contributed by atoms with E-state index in [1.54, 1.807) is 20.8 Å². The number of nitrogens with one attached hydrogen (secondary N) is 1. The summed E-state index contributed by atoms with van der Waals surface area (Å²) in [5.74, 6) is -2.45. The standard InChI is InChI=1S/C27H33NO6/c1-5-10-17(15-23(29)34-27(2,3)4)24(25(30)31)28-26(32)33-16-22-20-13-8-6-11-18(20)19-12-7-9-14-21(19)22/h6-9,11-14,17,22,24H,5,10,15-16H2,1-4H3,(H,28,32)(H,30,31)/t17-,24+/m1/s1. The molecule has 0 aromatic heterocycles. The van der Waals surface area contributed by atoms with Gasteiger partial charge in [-0.1, -0.05) is 61.9 Å². The van der Waals surface area contributed by atoms with E-state index in [0.717, 1.165) is 22.3 Å². The van der Waals surface area contributed by atoms with Gasteiger partial charge in [0.15, 0.2) is 0 Å². The fourth-order valence-corrected chi connectivity index (χ4v) is 4.50. The van der Waals surface area contributed by atoms with Crippen LogP contribution in [0.15, 0.2) is 48.5 Å². The highest BCUT2D eigenvalue weighted by Crippen LogP contribution is 2.44. The van der Waals surface area contributed by atoms with Gasteiger partial charge in [-0.3, -0.25) is 4.79 Å². The van der Waals surface area contributed by atoms with E-state index >= 15 is 0 Å². The normalized spacial score (nSPS) is 14.5. The zero-order chi connectivity index (χ0) is 24.9. The van der Waals surface area contributed by atoms with Crippen molar-refractivity contribution in [3.63, 3.8) is 0 Å². The molecule has 182 valence electrons. The average molecular weight is 468 g/mol. The number of hydrogen-bond donors (Lipinski definition) is 2. The van der Waals surface area contributed by atoms with Crippen molar-refractivity contribution >= 4 is 18.0 Å². The number of esters is 1.